The number of rotatable bonds is 4. The summed E-state index contributed by atoms with van der Waals surface area (Å²) in [7, 11) is 0. The lowest BCUT2D eigenvalue weighted by Crippen LogP contribution is -2.99. The van der Waals surface area contributed by atoms with Gasteiger partial charge in [0.1, 0.15) is 12.1 Å². The highest BCUT2D eigenvalue weighted by molar-refractivity contribution is 5.74. The Morgan fingerprint density at radius 3 is 2.62 bits per heavy atom. The summed E-state index contributed by atoms with van der Waals surface area (Å²) in [5.74, 6) is -1.35. The molecule has 0 aliphatic rings. The molecule has 0 saturated heterocycles. The van der Waals surface area contributed by atoms with Gasteiger partial charge < -0.3 is 21.2 Å². The summed E-state index contributed by atoms with van der Waals surface area (Å²) in [4.78, 5) is 10.5. The quantitative estimate of drug-likeness (QED) is 0.400. The normalized spacial score (nSPS) is 16.5. The zero-order valence-corrected chi connectivity index (χ0v) is 8.20. The van der Waals surface area contributed by atoms with Crippen LogP contribution in [0.2, 0.25) is 0 Å². The van der Waals surface area contributed by atoms with Crippen LogP contribution < -0.4 is 11.0 Å². The van der Waals surface area contributed by atoms with Crippen molar-refractivity contribution in [1.29, 1.82) is 0 Å². The average molecular weight is 228 g/mol. The lowest BCUT2D eigenvalue weighted by atomic mass is 10.0. The minimum Gasteiger partial charge on any atom is -0.595 e. The van der Waals surface area contributed by atoms with Crippen molar-refractivity contribution < 1.29 is 25.4 Å². The number of carboxylic acid groups (broad SMARTS) is 1. The van der Waals surface area contributed by atoms with E-state index < -0.39 is 23.3 Å². The van der Waals surface area contributed by atoms with Crippen molar-refractivity contribution in [3.8, 4) is 0 Å². The fourth-order valence-electron chi connectivity index (χ4n) is 1.20. The van der Waals surface area contributed by atoms with Gasteiger partial charge >= 0.3 is 5.97 Å². The van der Waals surface area contributed by atoms with Gasteiger partial charge in [0.05, 0.1) is 0 Å². The maximum Gasteiger partial charge on any atom is 0.323 e. The molecule has 3 atom stereocenters. The topological polar surface area (TPSA) is 131 Å². The summed E-state index contributed by atoms with van der Waals surface area (Å²) < 4.78 is 0. The van der Waals surface area contributed by atoms with Gasteiger partial charge in [-0.3, -0.25) is 4.79 Å². The SMILES string of the molecule is N[C@H](C(=O)O)[C@@H](O)c1cccc([NH+]([O-])O)c1. The second kappa shape index (κ2) is 5.01. The molecule has 0 spiro atoms. The summed E-state index contributed by atoms with van der Waals surface area (Å²) in [6.45, 7) is 0. The van der Waals surface area contributed by atoms with Crippen molar-refractivity contribution in [1.82, 2.24) is 0 Å². The Hall–Kier alpha value is -1.51. The predicted octanol–water partition coefficient (Wildman–Crippen LogP) is -1.46. The van der Waals surface area contributed by atoms with Gasteiger partial charge in [-0.25, -0.2) is 5.21 Å². The number of benzene rings is 1. The molecule has 0 amide bonds. The Bertz CT molecular complexity index is 382. The van der Waals surface area contributed by atoms with Crippen LogP contribution in [0.15, 0.2) is 24.3 Å². The van der Waals surface area contributed by atoms with Crippen LogP contribution in [0, 0.1) is 5.21 Å². The molecule has 0 saturated carbocycles. The Labute approximate surface area is 90.9 Å². The van der Waals surface area contributed by atoms with E-state index in [1.165, 1.54) is 24.3 Å². The molecule has 6 N–H and O–H groups in total. The van der Waals surface area contributed by atoms with Crippen LogP contribution in [0.5, 0.6) is 0 Å². The number of hydrogen-bond acceptors (Lipinski definition) is 5. The van der Waals surface area contributed by atoms with E-state index in [1.807, 2.05) is 0 Å². The minimum atomic E-state index is -1.48. The van der Waals surface area contributed by atoms with E-state index in [2.05, 4.69) is 0 Å². The lowest BCUT2D eigenvalue weighted by Gasteiger charge is -2.17. The molecule has 0 heterocycles. The molecule has 0 bridgehead atoms. The lowest BCUT2D eigenvalue weighted by molar-refractivity contribution is -0.991. The number of nitrogens with two attached hydrogens (primary N) is 1. The van der Waals surface area contributed by atoms with Crippen molar-refractivity contribution in [3.63, 3.8) is 0 Å². The van der Waals surface area contributed by atoms with Crippen molar-refractivity contribution in [3.05, 3.63) is 35.0 Å². The first-order chi connectivity index (χ1) is 7.43. The third kappa shape index (κ3) is 2.75. The van der Waals surface area contributed by atoms with Gasteiger partial charge in [-0.2, -0.15) is 5.23 Å². The monoisotopic (exact) mass is 228 g/mol. The molecule has 7 heteroatoms. The predicted molar refractivity (Wildman–Crippen MR) is 52.8 cm³/mol. The molecular formula is C9H12N2O5. The maximum absolute atomic E-state index is 10.7. The van der Waals surface area contributed by atoms with Gasteiger partial charge in [0, 0.05) is 12.1 Å². The Morgan fingerprint density at radius 2 is 2.12 bits per heavy atom. The third-order valence-corrected chi connectivity index (χ3v) is 2.10. The first-order valence-corrected chi connectivity index (χ1v) is 4.43. The highest BCUT2D eigenvalue weighted by Gasteiger charge is 2.24. The first-order valence-electron chi connectivity index (χ1n) is 4.43. The number of aliphatic hydroxyl groups excluding tert-OH is 1. The molecule has 1 aromatic rings. The molecule has 1 aromatic carbocycles. The molecule has 0 aromatic heterocycles. The van der Waals surface area contributed by atoms with E-state index in [0.717, 1.165) is 0 Å². The van der Waals surface area contributed by atoms with Gasteiger partial charge in [-0.05, 0) is 5.56 Å². The summed E-state index contributed by atoms with van der Waals surface area (Å²) in [5, 5.41) is 36.4. The van der Waals surface area contributed by atoms with E-state index in [9.17, 15) is 15.1 Å². The number of carbonyl (C=O) groups is 1. The van der Waals surface area contributed by atoms with Gasteiger partial charge in [0.25, 0.3) is 0 Å². The molecule has 0 aliphatic heterocycles. The summed E-state index contributed by atoms with van der Waals surface area (Å²) in [6.07, 6.45) is -1.43. The number of aliphatic hydroxyl groups is 1. The highest BCUT2D eigenvalue weighted by atomic mass is 16.8. The number of nitrogens with one attached hydrogen (secondary N) is 1. The first kappa shape index (κ1) is 12.6. The Balaban J connectivity index is 2.95. The van der Waals surface area contributed by atoms with E-state index in [-0.39, 0.29) is 11.3 Å². The van der Waals surface area contributed by atoms with Crippen LogP contribution in [0.25, 0.3) is 0 Å². The van der Waals surface area contributed by atoms with Gasteiger partial charge in [0.2, 0.25) is 0 Å². The highest BCUT2D eigenvalue weighted by Crippen LogP contribution is 2.17. The van der Waals surface area contributed by atoms with Crippen molar-refractivity contribution in [2.45, 2.75) is 12.1 Å². The smallest absolute Gasteiger partial charge is 0.323 e. The molecule has 1 rings (SSSR count). The fourth-order valence-corrected chi connectivity index (χ4v) is 1.20. The number of hydrogen-bond donors (Lipinski definition) is 5. The number of aliphatic carboxylic acids is 1. The van der Waals surface area contributed by atoms with Crippen LogP contribution >= 0.6 is 0 Å². The molecule has 0 radical (unpaired) electrons. The van der Waals surface area contributed by atoms with Gasteiger partial charge in [-0.1, -0.05) is 12.1 Å². The third-order valence-electron chi connectivity index (χ3n) is 2.10. The zero-order valence-electron chi connectivity index (χ0n) is 8.20. The molecule has 0 aliphatic carbocycles. The molecule has 1 unspecified atom stereocenters. The number of quaternary nitrogens is 1. The summed E-state index contributed by atoms with van der Waals surface area (Å²) >= 11 is 0. The van der Waals surface area contributed by atoms with Gasteiger partial charge in [0.15, 0.2) is 5.69 Å². The van der Waals surface area contributed by atoms with E-state index in [1.54, 1.807) is 0 Å². The minimum absolute atomic E-state index is 0.0332. The summed E-state index contributed by atoms with van der Waals surface area (Å²) in [6, 6.07) is 3.88. The standard InChI is InChI=1S/C9H12N2O5/c10-7(9(13)14)8(12)5-2-1-3-6(4-5)11(15)16/h1-4,7-8,11-12,15H,10H2,(H,13,14)/t7-,8-/m0/s1. The largest absolute Gasteiger partial charge is 0.595 e. The second-order valence-electron chi connectivity index (χ2n) is 3.24. The van der Waals surface area contributed by atoms with Crippen LogP contribution in [-0.4, -0.2) is 27.4 Å². The average Bonchev–Trinajstić information content (AvgIpc) is 2.27. The van der Waals surface area contributed by atoms with Crippen LogP contribution in [0.3, 0.4) is 0 Å². The van der Waals surface area contributed by atoms with Crippen LogP contribution in [0.4, 0.5) is 5.69 Å². The molecule has 16 heavy (non-hydrogen) atoms. The van der Waals surface area contributed by atoms with E-state index >= 15 is 0 Å². The fraction of sp³-hybridized carbons (Fsp3) is 0.222. The van der Waals surface area contributed by atoms with Crippen molar-refractivity contribution >= 4 is 11.7 Å². The zero-order chi connectivity index (χ0) is 12.3. The molecular weight excluding hydrogens is 216 g/mol. The maximum atomic E-state index is 10.7. The van der Waals surface area contributed by atoms with Crippen molar-refractivity contribution in [2.24, 2.45) is 5.73 Å². The molecule has 7 nitrogen and oxygen atoms in total. The van der Waals surface area contributed by atoms with E-state index in [4.69, 9.17) is 16.0 Å². The Kier molecular flexibility index (Phi) is 3.93. The Morgan fingerprint density at radius 1 is 1.50 bits per heavy atom. The molecule has 0 fully saturated rings. The van der Waals surface area contributed by atoms with Crippen LogP contribution in [0.1, 0.15) is 11.7 Å². The van der Waals surface area contributed by atoms with Gasteiger partial charge in [-0.15, -0.1) is 0 Å². The van der Waals surface area contributed by atoms with Crippen LogP contribution in [-0.2, 0) is 4.79 Å². The molecule has 88 valence electrons. The van der Waals surface area contributed by atoms with Crippen molar-refractivity contribution in [2.75, 3.05) is 0 Å². The van der Waals surface area contributed by atoms with E-state index in [0.29, 0.717) is 0 Å². The summed E-state index contributed by atoms with van der Waals surface area (Å²) in [5.41, 5.74) is 5.35. The number of carboxylic acids is 1. The second-order valence-corrected chi connectivity index (χ2v) is 3.24.